The van der Waals surface area contributed by atoms with Crippen LogP contribution >= 0.6 is 0 Å². The maximum absolute atomic E-state index is 12.6. The third-order valence-electron chi connectivity index (χ3n) is 5.83. The Bertz CT molecular complexity index is 763. The molecular formula is C22H32N2O4. The van der Waals surface area contributed by atoms with Gasteiger partial charge in [0.2, 0.25) is 5.91 Å². The van der Waals surface area contributed by atoms with Crippen molar-refractivity contribution < 1.29 is 18.7 Å². The van der Waals surface area contributed by atoms with Gasteiger partial charge in [-0.3, -0.25) is 9.69 Å². The normalized spacial score (nSPS) is 16.4. The van der Waals surface area contributed by atoms with Crippen LogP contribution in [0, 0.1) is 5.92 Å². The van der Waals surface area contributed by atoms with Crippen LogP contribution in [0.4, 0.5) is 0 Å². The molecule has 2 heterocycles. The standard InChI is InChI=1S/C22H32N2O4/c1-4-16(5-2)20(24-8-10-27-11-9-24)14-23-22(25)12-17-15-28-21-13-18(26-3)6-7-19(17)21/h6-7,13,15-16,20H,4-5,8-12,14H2,1-3H3,(H,23,25). The molecule has 3 rings (SSSR count). The predicted octanol–water partition coefficient (Wildman–Crippen LogP) is 3.24. The molecule has 6 heteroatoms. The summed E-state index contributed by atoms with van der Waals surface area (Å²) in [7, 11) is 1.63. The van der Waals surface area contributed by atoms with Gasteiger partial charge in [-0.05, 0) is 18.1 Å². The number of ether oxygens (including phenoxy) is 2. The number of benzene rings is 1. The Morgan fingerprint density at radius 2 is 2.00 bits per heavy atom. The summed E-state index contributed by atoms with van der Waals surface area (Å²) in [6, 6.07) is 6.04. The van der Waals surface area contributed by atoms with Crippen molar-refractivity contribution in [2.24, 2.45) is 5.92 Å². The number of rotatable bonds is 9. The highest BCUT2D eigenvalue weighted by atomic mass is 16.5. The minimum absolute atomic E-state index is 0.0303. The number of fused-ring (bicyclic) bond motifs is 1. The molecule has 1 aromatic heterocycles. The highest BCUT2D eigenvalue weighted by molar-refractivity contribution is 5.88. The fraction of sp³-hybridized carbons (Fsp3) is 0.591. The third kappa shape index (κ3) is 4.86. The molecule has 0 aliphatic carbocycles. The first kappa shape index (κ1) is 20.7. The van der Waals surface area contributed by atoms with Gasteiger partial charge in [-0.2, -0.15) is 0 Å². The number of hydrogen-bond donors (Lipinski definition) is 1. The van der Waals surface area contributed by atoms with E-state index in [9.17, 15) is 4.79 Å². The second-order valence-electron chi connectivity index (χ2n) is 7.40. The number of carbonyl (C=O) groups is 1. The van der Waals surface area contributed by atoms with E-state index in [0.29, 0.717) is 24.9 Å². The predicted molar refractivity (Wildman–Crippen MR) is 110 cm³/mol. The summed E-state index contributed by atoms with van der Waals surface area (Å²) in [5.41, 5.74) is 1.64. The number of carbonyl (C=O) groups excluding carboxylic acids is 1. The van der Waals surface area contributed by atoms with E-state index in [1.165, 1.54) is 0 Å². The summed E-state index contributed by atoms with van der Waals surface area (Å²) in [5.74, 6) is 1.35. The van der Waals surface area contributed by atoms with E-state index in [1.54, 1.807) is 13.4 Å². The van der Waals surface area contributed by atoms with Crippen LogP contribution in [-0.2, 0) is 16.0 Å². The maximum Gasteiger partial charge on any atom is 0.224 e. The fourth-order valence-electron chi connectivity index (χ4n) is 4.12. The third-order valence-corrected chi connectivity index (χ3v) is 5.83. The molecule has 0 spiro atoms. The summed E-state index contributed by atoms with van der Waals surface area (Å²) >= 11 is 0. The van der Waals surface area contributed by atoms with Crippen molar-refractivity contribution in [3.8, 4) is 5.75 Å². The zero-order chi connectivity index (χ0) is 19.9. The molecule has 1 atom stereocenters. The summed E-state index contributed by atoms with van der Waals surface area (Å²) in [4.78, 5) is 15.1. The van der Waals surface area contributed by atoms with Crippen LogP contribution in [0.15, 0.2) is 28.9 Å². The lowest BCUT2D eigenvalue weighted by Gasteiger charge is -2.38. The largest absolute Gasteiger partial charge is 0.497 e. The number of methoxy groups -OCH3 is 1. The Balaban J connectivity index is 1.62. The zero-order valence-corrected chi connectivity index (χ0v) is 17.2. The smallest absolute Gasteiger partial charge is 0.224 e. The molecule has 1 unspecified atom stereocenters. The van der Waals surface area contributed by atoms with E-state index in [-0.39, 0.29) is 5.91 Å². The SMILES string of the molecule is CCC(CC)C(CNC(=O)Cc1coc2cc(OC)ccc12)N1CCOCC1. The van der Waals surface area contributed by atoms with Crippen LogP contribution < -0.4 is 10.1 Å². The highest BCUT2D eigenvalue weighted by Gasteiger charge is 2.27. The van der Waals surface area contributed by atoms with Gasteiger partial charge in [-0.25, -0.2) is 0 Å². The average molecular weight is 389 g/mol. The second-order valence-corrected chi connectivity index (χ2v) is 7.40. The molecule has 6 nitrogen and oxygen atoms in total. The number of nitrogens with zero attached hydrogens (tertiary/aromatic N) is 1. The Morgan fingerprint density at radius 1 is 1.25 bits per heavy atom. The van der Waals surface area contributed by atoms with E-state index in [1.807, 2.05) is 18.2 Å². The van der Waals surface area contributed by atoms with Crippen LogP contribution in [0.2, 0.25) is 0 Å². The van der Waals surface area contributed by atoms with Gasteiger partial charge < -0.3 is 19.2 Å². The van der Waals surface area contributed by atoms with Crippen LogP contribution in [0.1, 0.15) is 32.3 Å². The van der Waals surface area contributed by atoms with Gasteiger partial charge in [0, 0.05) is 42.7 Å². The van der Waals surface area contributed by atoms with Crippen LogP contribution in [0.25, 0.3) is 11.0 Å². The van der Waals surface area contributed by atoms with Crippen LogP contribution in [0.5, 0.6) is 5.75 Å². The molecule has 0 bridgehead atoms. The first-order chi connectivity index (χ1) is 13.7. The van der Waals surface area contributed by atoms with Crippen molar-refractivity contribution in [1.82, 2.24) is 10.2 Å². The van der Waals surface area contributed by atoms with E-state index in [2.05, 4.69) is 24.1 Å². The van der Waals surface area contributed by atoms with Crippen LogP contribution in [0.3, 0.4) is 0 Å². The van der Waals surface area contributed by atoms with E-state index < -0.39 is 0 Å². The lowest BCUT2D eigenvalue weighted by molar-refractivity contribution is -0.120. The Labute approximate surface area is 167 Å². The Hall–Kier alpha value is -2.05. The topological polar surface area (TPSA) is 63.9 Å². The van der Waals surface area contributed by atoms with Crippen molar-refractivity contribution in [1.29, 1.82) is 0 Å². The lowest BCUT2D eigenvalue weighted by Crippen LogP contribution is -2.52. The molecule has 0 saturated carbocycles. The lowest BCUT2D eigenvalue weighted by atomic mass is 9.92. The van der Waals surface area contributed by atoms with Crippen molar-refractivity contribution >= 4 is 16.9 Å². The minimum Gasteiger partial charge on any atom is -0.497 e. The molecule has 1 aliphatic heterocycles. The van der Waals surface area contributed by atoms with Gasteiger partial charge >= 0.3 is 0 Å². The van der Waals surface area contributed by atoms with Gasteiger partial charge in [0.15, 0.2) is 0 Å². The van der Waals surface area contributed by atoms with Gasteiger partial charge in [0.25, 0.3) is 0 Å². The fourth-order valence-corrected chi connectivity index (χ4v) is 4.12. The summed E-state index contributed by atoms with van der Waals surface area (Å²) in [6.45, 7) is 8.56. The average Bonchev–Trinajstić information content (AvgIpc) is 3.13. The summed E-state index contributed by atoms with van der Waals surface area (Å²) in [6.07, 6.45) is 4.22. The number of furan rings is 1. The quantitative estimate of drug-likeness (QED) is 0.714. The monoisotopic (exact) mass is 388 g/mol. The molecule has 1 fully saturated rings. The van der Waals surface area contributed by atoms with Crippen molar-refractivity contribution in [2.75, 3.05) is 40.0 Å². The molecule has 2 aromatic rings. The van der Waals surface area contributed by atoms with Crippen LogP contribution in [-0.4, -0.2) is 56.8 Å². The first-order valence-corrected chi connectivity index (χ1v) is 10.3. The molecule has 1 saturated heterocycles. The first-order valence-electron chi connectivity index (χ1n) is 10.3. The molecule has 0 radical (unpaired) electrons. The minimum atomic E-state index is 0.0303. The molecule has 154 valence electrons. The van der Waals surface area contributed by atoms with E-state index in [0.717, 1.165) is 61.4 Å². The molecule has 1 amide bonds. The van der Waals surface area contributed by atoms with Crippen molar-refractivity contribution in [3.05, 3.63) is 30.0 Å². The Morgan fingerprint density at radius 3 is 2.68 bits per heavy atom. The number of amides is 1. The number of nitrogens with one attached hydrogen (secondary N) is 1. The highest BCUT2D eigenvalue weighted by Crippen LogP contribution is 2.26. The van der Waals surface area contributed by atoms with Gasteiger partial charge in [-0.15, -0.1) is 0 Å². The number of morpholine rings is 1. The van der Waals surface area contributed by atoms with Gasteiger partial charge in [-0.1, -0.05) is 26.7 Å². The molecule has 1 aromatic carbocycles. The van der Waals surface area contributed by atoms with Gasteiger partial charge in [0.1, 0.15) is 11.3 Å². The number of hydrogen-bond acceptors (Lipinski definition) is 5. The Kier molecular flexibility index (Phi) is 7.34. The molecular weight excluding hydrogens is 356 g/mol. The van der Waals surface area contributed by atoms with Crippen molar-refractivity contribution in [3.63, 3.8) is 0 Å². The van der Waals surface area contributed by atoms with Gasteiger partial charge in [0.05, 0.1) is 33.0 Å². The van der Waals surface area contributed by atoms with E-state index in [4.69, 9.17) is 13.9 Å². The molecule has 28 heavy (non-hydrogen) atoms. The van der Waals surface area contributed by atoms with E-state index >= 15 is 0 Å². The molecule has 1 aliphatic rings. The van der Waals surface area contributed by atoms with Crippen molar-refractivity contribution in [2.45, 2.75) is 39.2 Å². The summed E-state index contributed by atoms with van der Waals surface area (Å²) < 4.78 is 16.3. The summed E-state index contributed by atoms with van der Waals surface area (Å²) in [5, 5.41) is 4.13. The molecule has 1 N–H and O–H groups in total. The maximum atomic E-state index is 12.6. The second kappa shape index (κ2) is 9.94. The zero-order valence-electron chi connectivity index (χ0n) is 17.2.